The summed E-state index contributed by atoms with van der Waals surface area (Å²) >= 11 is 24.1. The number of nitrogens with zero attached hydrogens (tertiary/aromatic N) is 2. The van der Waals surface area contributed by atoms with Crippen LogP contribution in [0.3, 0.4) is 0 Å². The van der Waals surface area contributed by atoms with Gasteiger partial charge in [-0.3, -0.25) is 9.59 Å². The van der Waals surface area contributed by atoms with Gasteiger partial charge >= 0.3 is 0 Å². The molecule has 1 aromatic heterocycles. The van der Waals surface area contributed by atoms with E-state index in [9.17, 15) is 9.59 Å². The Labute approximate surface area is 211 Å². The molecule has 2 N–H and O–H groups in total. The number of fused-ring (bicyclic) bond motifs is 4. The summed E-state index contributed by atoms with van der Waals surface area (Å²) in [5, 5.41) is 6.10. The lowest BCUT2D eigenvalue weighted by Crippen LogP contribution is -2.60. The maximum atomic E-state index is 12.7. The van der Waals surface area contributed by atoms with Crippen molar-refractivity contribution in [2.45, 2.75) is 28.8 Å². The number of methoxy groups -OCH3 is 1. The average Bonchev–Trinajstić information content (AvgIpc) is 2.78. The number of pyridine rings is 1. The summed E-state index contributed by atoms with van der Waals surface area (Å²) in [6.07, 6.45) is -0.0636. The van der Waals surface area contributed by atoms with Gasteiger partial charge in [0.15, 0.2) is 5.11 Å². The number of nitrogens with one attached hydrogen (secondary N) is 2. The third-order valence-corrected chi connectivity index (χ3v) is 7.02. The molecule has 2 aromatic rings. The highest BCUT2D eigenvalue weighted by atomic mass is 35.6. The van der Waals surface area contributed by atoms with Crippen molar-refractivity contribution >= 4 is 58.0 Å². The number of piperidine rings is 1. The lowest BCUT2D eigenvalue weighted by molar-refractivity contribution is 0.0932. The van der Waals surface area contributed by atoms with Gasteiger partial charge in [0.1, 0.15) is 11.9 Å². The maximum Gasteiger partial charge on any atom is 0.252 e. The number of ether oxygens (including phenoxy) is 1. The number of rotatable bonds is 4. The van der Waals surface area contributed by atoms with E-state index in [1.54, 1.807) is 43.5 Å². The summed E-state index contributed by atoms with van der Waals surface area (Å²) in [5.74, 6) is 0.652. The van der Waals surface area contributed by atoms with Crippen molar-refractivity contribution < 1.29 is 9.53 Å². The van der Waals surface area contributed by atoms with Crippen molar-refractivity contribution in [2.24, 2.45) is 5.92 Å². The van der Waals surface area contributed by atoms with E-state index in [1.807, 2.05) is 15.5 Å². The Hall–Kier alpha value is -2.00. The molecule has 1 aromatic carbocycles. The monoisotopic (exact) mass is 528 g/mol. The Morgan fingerprint density at radius 1 is 1.12 bits per heavy atom. The second kappa shape index (κ2) is 9.70. The standard InChI is InChI=1S/C22H23Cl3N4O3S/c1-32-16-7-5-14(6-8-16)19(31)26-20(22(23,24)25)27-21(33)28-10-13-9-15(12-28)17-3-2-4-18(30)29(17)11-13/h2-8,13,15,20H,9-12H2,1H3,(H,26,31)(H,27,33)/t13-,15+,20?/m1/s1. The maximum absolute atomic E-state index is 12.7. The van der Waals surface area contributed by atoms with Gasteiger partial charge in [-0.15, -0.1) is 0 Å². The van der Waals surface area contributed by atoms with Crippen LogP contribution < -0.4 is 20.9 Å². The zero-order valence-corrected chi connectivity index (χ0v) is 20.8. The zero-order valence-electron chi connectivity index (χ0n) is 17.8. The number of thiocarbonyl (C=S) groups is 1. The van der Waals surface area contributed by atoms with Crippen molar-refractivity contribution in [2.75, 3.05) is 20.2 Å². The van der Waals surface area contributed by atoms with E-state index in [4.69, 9.17) is 51.8 Å². The second-order valence-electron chi connectivity index (χ2n) is 8.23. The normalized spacial score (nSPS) is 20.4. The highest BCUT2D eigenvalue weighted by Crippen LogP contribution is 2.35. The molecule has 1 amide bonds. The average molecular weight is 530 g/mol. The van der Waals surface area contributed by atoms with Crippen molar-refractivity contribution in [3.63, 3.8) is 0 Å². The van der Waals surface area contributed by atoms with Gasteiger partial charge in [0.25, 0.3) is 11.5 Å². The molecule has 2 aliphatic rings. The minimum atomic E-state index is -1.85. The molecule has 33 heavy (non-hydrogen) atoms. The van der Waals surface area contributed by atoms with E-state index >= 15 is 0 Å². The van der Waals surface area contributed by atoms with Crippen LogP contribution in [0.4, 0.5) is 0 Å². The quantitative estimate of drug-likeness (QED) is 0.360. The minimum absolute atomic E-state index is 0.0221. The number of carbonyl (C=O) groups excluding carboxylic acids is 1. The summed E-state index contributed by atoms with van der Waals surface area (Å²) in [6.45, 7) is 1.94. The number of benzene rings is 1. The smallest absolute Gasteiger partial charge is 0.252 e. The summed E-state index contributed by atoms with van der Waals surface area (Å²) in [6, 6.07) is 11.9. The number of alkyl halides is 3. The summed E-state index contributed by atoms with van der Waals surface area (Å²) in [7, 11) is 1.55. The van der Waals surface area contributed by atoms with Gasteiger partial charge in [0.05, 0.1) is 7.11 Å². The fourth-order valence-electron chi connectivity index (χ4n) is 4.43. The van der Waals surface area contributed by atoms with Gasteiger partial charge < -0.3 is 24.8 Å². The van der Waals surface area contributed by atoms with Crippen molar-refractivity contribution in [1.82, 2.24) is 20.1 Å². The number of carbonyl (C=O) groups is 1. The number of hydrogen-bond acceptors (Lipinski definition) is 4. The second-order valence-corrected chi connectivity index (χ2v) is 11.0. The van der Waals surface area contributed by atoms with E-state index in [1.165, 1.54) is 0 Å². The summed E-state index contributed by atoms with van der Waals surface area (Å²) in [4.78, 5) is 27.0. The Bertz CT molecular complexity index is 1100. The number of likely N-dealkylation sites (tertiary alicyclic amines) is 1. The minimum Gasteiger partial charge on any atom is -0.497 e. The molecule has 11 heteroatoms. The highest BCUT2D eigenvalue weighted by molar-refractivity contribution is 7.80. The van der Waals surface area contributed by atoms with E-state index in [-0.39, 0.29) is 17.4 Å². The van der Waals surface area contributed by atoms with Crippen molar-refractivity contribution in [1.29, 1.82) is 0 Å². The molecule has 1 fully saturated rings. The van der Waals surface area contributed by atoms with Crippen LogP contribution in [0.5, 0.6) is 5.75 Å². The van der Waals surface area contributed by atoms with Crippen LogP contribution in [0, 0.1) is 5.92 Å². The number of aromatic nitrogens is 1. The van der Waals surface area contributed by atoms with Crippen LogP contribution in [0.15, 0.2) is 47.3 Å². The Kier molecular flexibility index (Phi) is 7.09. The van der Waals surface area contributed by atoms with Crippen molar-refractivity contribution in [3.05, 3.63) is 64.1 Å². The van der Waals surface area contributed by atoms with Gasteiger partial charge in [-0.1, -0.05) is 40.9 Å². The predicted octanol–water partition coefficient (Wildman–Crippen LogP) is 3.28. The van der Waals surface area contributed by atoms with E-state index in [0.29, 0.717) is 36.1 Å². The molecule has 176 valence electrons. The molecule has 1 saturated heterocycles. The third kappa shape index (κ3) is 5.40. The first-order valence-electron chi connectivity index (χ1n) is 10.4. The Morgan fingerprint density at radius 3 is 2.52 bits per heavy atom. The predicted molar refractivity (Wildman–Crippen MR) is 133 cm³/mol. The van der Waals surface area contributed by atoms with Crippen LogP contribution in [-0.2, 0) is 6.54 Å². The zero-order chi connectivity index (χ0) is 23.8. The molecule has 0 spiro atoms. The molecule has 0 aliphatic carbocycles. The van der Waals surface area contributed by atoms with Gasteiger partial charge in [-0.05, 0) is 54.9 Å². The molecule has 0 saturated carbocycles. The lowest BCUT2D eigenvalue weighted by Gasteiger charge is -2.44. The molecule has 3 heterocycles. The van der Waals surface area contributed by atoms with Gasteiger partial charge in [0.2, 0.25) is 3.79 Å². The first kappa shape index (κ1) is 24.1. The Balaban J connectivity index is 1.45. The van der Waals surface area contributed by atoms with Gasteiger partial charge in [0, 0.05) is 42.9 Å². The SMILES string of the molecule is COc1ccc(C(=O)NC(NC(=S)N2C[C@H]3C[C@@H](C2)c2cccc(=O)n2C3)C(Cl)(Cl)Cl)cc1. The highest BCUT2D eigenvalue weighted by Gasteiger charge is 2.39. The molecule has 2 aliphatic heterocycles. The third-order valence-electron chi connectivity index (χ3n) is 5.99. The van der Waals surface area contributed by atoms with E-state index < -0.39 is 15.9 Å². The van der Waals surface area contributed by atoms with Crippen molar-refractivity contribution in [3.8, 4) is 5.75 Å². The first-order valence-corrected chi connectivity index (χ1v) is 12.0. The van der Waals surface area contributed by atoms with E-state index in [2.05, 4.69) is 10.6 Å². The largest absolute Gasteiger partial charge is 0.497 e. The molecule has 4 rings (SSSR count). The van der Waals surface area contributed by atoms with Crippen LogP contribution in [-0.4, -0.2) is 50.6 Å². The molecule has 2 bridgehead atoms. The van der Waals surface area contributed by atoms with Gasteiger partial charge in [-0.2, -0.15) is 0 Å². The molecular formula is C22H23Cl3N4O3S. The number of halogens is 3. The summed E-state index contributed by atoms with van der Waals surface area (Å²) in [5.41, 5.74) is 1.42. The van der Waals surface area contributed by atoms with Crippen LogP contribution in [0.2, 0.25) is 0 Å². The molecule has 1 unspecified atom stereocenters. The van der Waals surface area contributed by atoms with Crippen LogP contribution in [0.1, 0.15) is 28.4 Å². The topological polar surface area (TPSA) is 75.6 Å². The number of hydrogen-bond donors (Lipinski definition) is 2. The molecule has 7 nitrogen and oxygen atoms in total. The molecule has 0 radical (unpaired) electrons. The van der Waals surface area contributed by atoms with Crippen LogP contribution in [0.25, 0.3) is 0 Å². The van der Waals surface area contributed by atoms with E-state index in [0.717, 1.165) is 12.1 Å². The number of amides is 1. The van der Waals surface area contributed by atoms with Gasteiger partial charge in [-0.25, -0.2) is 0 Å². The fourth-order valence-corrected chi connectivity index (χ4v) is 5.03. The lowest BCUT2D eigenvalue weighted by atomic mass is 9.83. The Morgan fingerprint density at radius 2 is 1.85 bits per heavy atom. The first-order chi connectivity index (χ1) is 15.7. The molecular weight excluding hydrogens is 507 g/mol. The van der Waals surface area contributed by atoms with Crippen LogP contribution >= 0.6 is 47.0 Å². The molecule has 3 atom stereocenters. The summed E-state index contributed by atoms with van der Waals surface area (Å²) < 4.78 is 5.12. The fraction of sp³-hybridized carbons (Fsp3) is 0.409.